The summed E-state index contributed by atoms with van der Waals surface area (Å²) in [6.45, 7) is 4.62. The van der Waals surface area contributed by atoms with Crippen LogP contribution in [0.5, 0.6) is 0 Å². The molecule has 33 heavy (non-hydrogen) atoms. The Morgan fingerprint density at radius 2 is 1.85 bits per heavy atom. The Bertz CT molecular complexity index is 888. The number of carbonyl (C=O) groups is 1. The molecule has 1 fully saturated rings. The summed E-state index contributed by atoms with van der Waals surface area (Å²) in [5, 5.41) is 0. The van der Waals surface area contributed by atoms with E-state index in [1.807, 2.05) is 0 Å². The molecule has 3 atom stereocenters. The maximum absolute atomic E-state index is 15.3. The number of nitrogen functional groups attached to an aromatic ring is 1. The summed E-state index contributed by atoms with van der Waals surface area (Å²) in [6, 6.07) is 1.15. The number of phosphoric ester groups is 1. The van der Waals surface area contributed by atoms with Crippen molar-refractivity contribution in [2.45, 2.75) is 70.8 Å². The molecule has 14 heteroatoms. The molecule has 0 aromatic carbocycles. The van der Waals surface area contributed by atoms with Crippen molar-refractivity contribution in [3.05, 3.63) is 22.7 Å². The lowest BCUT2D eigenvalue weighted by Crippen LogP contribution is -2.44. The maximum atomic E-state index is 15.3. The predicted octanol–water partition coefficient (Wildman–Crippen LogP) is 3.05. The standard InChI is InChI=1S/C19H30F2N3O8P/c1-4-7-15(25)32-16-13(12-30-33(27,28-10-5-2)29-11-6-3)31-17(19(16,20)21)24-9-8-14(22)23-18(24)26/h8-9,13,16-17H,4-7,10-12H2,1-3H3,(H2,22,23,26)/t13-,16-,17-/m1/s1. The van der Waals surface area contributed by atoms with Gasteiger partial charge < -0.3 is 15.2 Å². The maximum Gasteiger partial charge on any atom is 0.474 e. The summed E-state index contributed by atoms with van der Waals surface area (Å²) < 4.78 is 70.0. The number of halogens is 2. The fraction of sp³-hybridized carbons (Fsp3) is 0.737. The van der Waals surface area contributed by atoms with E-state index >= 15 is 8.78 Å². The van der Waals surface area contributed by atoms with Crippen LogP contribution in [0.15, 0.2) is 17.1 Å². The molecule has 0 amide bonds. The van der Waals surface area contributed by atoms with Crippen LogP contribution in [-0.2, 0) is 32.4 Å². The van der Waals surface area contributed by atoms with Crippen molar-refractivity contribution in [3.8, 4) is 0 Å². The molecule has 0 spiro atoms. The molecule has 1 saturated heterocycles. The molecule has 0 saturated carbocycles. The SMILES string of the molecule is CCCOP(=O)(OCCC)OC[C@H]1O[C@@H](n2ccc(N)nc2=O)C(F)(F)[C@@H]1OC(=O)CCC. The molecule has 11 nitrogen and oxygen atoms in total. The van der Waals surface area contributed by atoms with Gasteiger partial charge in [0.05, 0.1) is 19.8 Å². The van der Waals surface area contributed by atoms with Gasteiger partial charge in [-0.2, -0.15) is 13.8 Å². The van der Waals surface area contributed by atoms with Crippen molar-refractivity contribution in [1.29, 1.82) is 0 Å². The fourth-order valence-electron chi connectivity index (χ4n) is 2.94. The Kier molecular flexibility index (Phi) is 9.92. The molecule has 2 heterocycles. The van der Waals surface area contributed by atoms with Gasteiger partial charge in [0.2, 0.25) is 6.23 Å². The molecule has 2 N–H and O–H groups in total. The number of carbonyl (C=O) groups excluding carboxylic acids is 1. The highest BCUT2D eigenvalue weighted by Crippen LogP contribution is 2.51. The minimum Gasteiger partial charge on any atom is -0.453 e. The van der Waals surface area contributed by atoms with Crippen LogP contribution in [0.1, 0.15) is 52.7 Å². The van der Waals surface area contributed by atoms with Crippen LogP contribution in [0, 0.1) is 0 Å². The summed E-state index contributed by atoms with van der Waals surface area (Å²) in [6.07, 6.45) is -3.60. The average molecular weight is 497 g/mol. The number of esters is 1. The molecule has 1 aromatic rings. The molecular weight excluding hydrogens is 467 g/mol. The summed E-state index contributed by atoms with van der Waals surface area (Å²) >= 11 is 0. The van der Waals surface area contributed by atoms with Crippen LogP contribution >= 0.6 is 7.82 Å². The van der Waals surface area contributed by atoms with Gasteiger partial charge in [-0.3, -0.25) is 22.9 Å². The van der Waals surface area contributed by atoms with Gasteiger partial charge in [0.25, 0.3) is 0 Å². The van der Waals surface area contributed by atoms with Gasteiger partial charge in [0.15, 0.2) is 6.10 Å². The van der Waals surface area contributed by atoms with Crippen molar-refractivity contribution in [2.24, 2.45) is 0 Å². The van der Waals surface area contributed by atoms with E-state index in [0.29, 0.717) is 23.8 Å². The number of anilines is 1. The second kappa shape index (κ2) is 12.0. The molecule has 2 rings (SSSR count). The highest BCUT2D eigenvalue weighted by atomic mass is 31.2. The van der Waals surface area contributed by atoms with Gasteiger partial charge in [-0.1, -0.05) is 20.8 Å². The topological polar surface area (TPSA) is 141 Å². The third-order valence-corrected chi connectivity index (χ3v) is 5.93. The van der Waals surface area contributed by atoms with E-state index in [4.69, 9.17) is 28.8 Å². The molecule has 0 radical (unpaired) electrons. The minimum absolute atomic E-state index is 0.0483. The quantitative estimate of drug-likeness (QED) is 0.319. The van der Waals surface area contributed by atoms with Crippen LogP contribution < -0.4 is 11.4 Å². The molecule has 188 valence electrons. The minimum atomic E-state index is -4.09. The largest absolute Gasteiger partial charge is 0.474 e. The van der Waals surface area contributed by atoms with Crippen molar-refractivity contribution >= 4 is 19.6 Å². The first-order chi connectivity index (χ1) is 15.6. The van der Waals surface area contributed by atoms with E-state index in [0.717, 1.165) is 12.3 Å². The predicted molar refractivity (Wildman–Crippen MR) is 113 cm³/mol. The van der Waals surface area contributed by atoms with Crippen LogP contribution in [0.4, 0.5) is 14.6 Å². The summed E-state index contributed by atoms with van der Waals surface area (Å²) in [7, 11) is -4.09. The zero-order valence-corrected chi connectivity index (χ0v) is 19.7. The van der Waals surface area contributed by atoms with Gasteiger partial charge in [0, 0.05) is 12.6 Å². The highest BCUT2D eigenvalue weighted by molar-refractivity contribution is 7.48. The number of aromatic nitrogens is 2. The van der Waals surface area contributed by atoms with Crippen molar-refractivity contribution < 1.29 is 41.2 Å². The van der Waals surface area contributed by atoms with E-state index in [-0.39, 0.29) is 25.5 Å². The Hall–Kier alpha value is -1.92. The fourth-order valence-corrected chi connectivity index (χ4v) is 4.31. The average Bonchev–Trinajstić information content (AvgIpc) is 2.99. The van der Waals surface area contributed by atoms with Crippen molar-refractivity contribution in [1.82, 2.24) is 9.55 Å². The number of phosphoric acid groups is 1. The number of alkyl halides is 2. The highest BCUT2D eigenvalue weighted by Gasteiger charge is 2.62. The lowest BCUT2D eigenvalue weighted by atomic mass is 10.1. The molecule has 1 aromatic heterocycles. The van der Waals surface area contributed by atoms with Gasteiger partial charge in [0.1, 0.15) is 11.9 Å². The molecule has 0 unspecified atom stereocenters. The van der Waals surface area contributed by atoms with Gasteiger partial charge in [-0.25, -0.2) is 9.36 Å². The number of nitrogens with zero attached hydrogens (tertiary/aromatic N) is 2. The van der Waals surface area contributed by atoms with Crippen molar-refractivity contribution in [3.63, 3.8) is 0 Å². The number of ether oxygens (including phenoxy) is 2. The first-order valence-corrected chi connectivity index (χ1v) is 12.1. The van der Waals surface area contributed by atoms with E-state index in [1.54, 1.807) is 20.8 Å². The number of nitrogens with two attached hydrogens (primary N) is 1. The summed E-state index contributed by atoms with van der Waals surface area (Å²) in [5.74, 6) is -4.89. The number of hydrogen-bond donors (Lipinski definition) is 1. The Labute approximate surface area is 190 Å². The normalized spacial score (nSPS) is 22.4. The Morgan fingerprint density at radius 1 is 1.21 bits per heavy atom. The van der Waals surface area contributed by atoms with Crippen LogP contribution in [-0.4, -0.2) is 53.5 Å². The van der Waals surface area contributed by atoms with Crippen LogP contribution in [0.2, 0.25) is 0 Å². The smallest absolute Gasteiger partial charge is 0.453 e. The zero-order chi connectivity index (χ0) is 24.6. The number of hydrogen-bond acceptors (Lipinski definition) is 10. The summed E-state index contributed by atoms with van der Waals surface area (Å²) in [5.41, 5.74) is 4.34. The first-order valence-electron chi connectivity index (χ1n) is 10.7. The second-order valence-electron chi connectivity index (χ2n) is 7.31. The lowest BCUT2D eigenvalue weighted by molar-refractivity contribution is -0.176. The molecule has 0 aliphatic carbocycles. The van der Waals surface area contributed by atoms with E-state index < -0.39 is 50.4 Å². The van der Waals surface area contributed by atoms with Gasteiger partial charge in [-0.15, -0.1) is 0 Å². The molecule has 1 aliphatic heterocycles. The zero-order valence-electron chi connectivity index (χ0n) is 18.8. The Balaban J connectivity index is 2.31. The van der Waals surface area contributed by atoms with E-state index in [9.17, 15) is 14.2 Å². The second-order valence-corrected chi connectivity index (χ2v) is 8.98. The van der Waals surface area contributed by atoms with Gasteiger partial charge in [-0.05, 0) is 25.3 Å². The first kappa shape index (κ1) is 27.3. The lowest BCUT2D eigenvalue weighted by Gasteiger charge is -2.25. The van der Waals surface area contributed by atoms with Crippen molar-refractivity contribution in [2.75, 3.05) is 25.6 Å². The third kappa shape index (κ3) is 7.03. The third-order valence-electron chi connectivity index (χ3n) is 4.47. The van der Waals surface area contributed by atoms with Crippen LogP contribution in [0.3, 0.4) is 0 Å². The van der Waals surface area contributed by atoms with Gasteiger partial charge >= 0.3 is 25.4 Å². The monoisotopic (exact) mass is 497 g/mol. The van der Waals surface area contributed by atoms with E-state index in [1.165, 1.54) is 0 Å². The summed E-state index contributed by atoms with van der Waals surface area (Å²) in [4.78, 5) is 27.6. The van der Waals surface area contributed by atoms with Crippen LogP contribution in [0.25, 0.3) is 0 Å². The molecule has 1 aliphatic rings. The number of rotatable bonds is 13. The molecule has 0 bridgehead atoms. The Morgan fingerprint density at radius 3 is 2.39 bits per heavy atom. The van der Waals surface area contributed by atoms with E-state index in [2.05, 4.69) is 4.98 Å². The molecular formula is C19H30F2N3O8P.